The Morgan fingerprint density at radius 1 is 1.40 bits per heavy atom. The van der Waals surface area contributed by atoms with Gasteiger partial charge in [-0.2, -0.15) is 0 Å². The van der Waals surface area contributed by atoms with Crippen molar-refractivity contribution in [2.24, 2.45) is 0 Å². The van der Waals surface area contributed by atoms with Crippen molar-refractivity contribution in [3.8, 4) is 0 Å². The third-order valence-electron chi connectivity index (χ3n) is 1.77. The smallest absolute Gasteiger partial charge is 0.272 e. The topological polar surface area (TPSA) is 114 Å². The lowest BCUT2D eigenvalue weighted by Gasteiger charge is -1.95. The van der Waals surface area contributed by atoms with Crippen LogP contribution in [0.2, 0.25) is 0 Å². The van der Waals surface area contributed by atoms with Crippen LogP contribution in [0.15, 0.2) is 6.20 Å². The number of hydrogen-bond acceptors (Lipinski definition) is 6. The lowest BCUT2D eigenvalue weighted by molar-refractivity contribution is -0.380. The fourth-order valence-corrected chi connectivity index (χ4v) is 1.94. The molecule has 2 heterocycles. The molecule has 0 aromatic carbocycles. The Kier molecular flexibility index (Phi) is 2.08. The van der Waals surface area contributed by atoms with Gasteiger partial charge in [0, 0.05) is 0 Å². The molecule has 0 aliphatic carbocycles. The SMILES string of the molecule is O=C1NNC(=O)C1c1ncc([N+](=O)[O-])s1. The van der Waals surface area contributed by atoms with E-state index in [4.69, 9.17) is 0 Å². The van der Waals surface area contributed by atoms with Crippen LogP contribution in [0.3, 0.4) is 0 Å². The molecule has 2 amide bonds. The molecular weight excluding hydrogens is 224 g/mol. The second kappa shape index (κ2) is 3.28. The number of hydrogen-bond donors (Lipinski definition) is 2. The molecule has 8 nitrogen and oxygen atoms in total. The van der Waals surface area contributed by atoms with E-state index in [1.165, 1.54) is 0 Å². The van der Waals surface area contributed by atoms with Gasteiger partial charge in [0.05, 0.1) is 4.92 Å². The molecular formula is C6H4N4O4S. The van der Waals surface area contributed by atoms with Crippen LogP contribution in [0.1, 0.15) is 10.9 Å². The molecule has 1 aromatic heterocycles. The van der Waals surface area contributed by atoms with Gasteiger partial charge in [0.25, 0.3) is 11.8 Å². The van der Waals surface area contributed by atoms with Gasteiger partial charge in [-0.3, -0.25) is 30.6 Å². The molecule has 0 bridgehead atoms. The normalized spacial score (nSPS) is 16.3. The van der Waals surface area contributed by atoms with Crippen LogP contribution in [0, 0.1) is 10.1 Å². The molecule has 1 aliphatic rings. The van der Waals surface area contributed by atoms with Crippen molar-refractivity contribution < 1.29 is 14.5 Å². The fraction of sp³-hybridized carbons (Fsp3) is 0.167. The van der Waals surface area contributed by atoms with E-state index in [0.29, 0.717) is 11.3 Å². The van der Waals surface area contributed by atoms with Gasteiger partial charge in [-0.05, 0) is 11.3 Å². The maximum Gasteiger partial charge on any atom is 0.343 e. The number of carbonyl (C=O) groups is 2. The van der Waals surface area contributed by atoms with Gasteiger partial charge in [-0.1, -0.05) is 0 Å². The molecule has 1 fully saturated rings. The summed E-state index contributed by atoms with van der Waals surface area (Å²) < 4.78 is 0. The third-order valence-corrected chi connectivity index (χ3v) is 2.79. The van der Waals surface area contributed by atoms with Gasteiger partial charge in [0.2, 0.25) is 0 Å². The van der Waals surface area contributed by atoms with Crippen molar-refractivity contribution in [2.45, 2.75) is 5.92 Å². The van der Waals surface area contributed by atoms with Gasteiger partial charge in [-0.15, -0.1) is 0 Å². The summed E-state index contributed by atoms with van der Waals surface area (Å²) >= 11 is 0.714. The lowest BCUT2D eigenvalue weighted by Crippen LogP contribution is -2.28. The van der Waals surface area contributed by atoms with Crippen LogP contribution in [0.4, 0.5) is 5.00 Å². The van der Waals surface area contributed by atoms with Crippen LogP contribution in [0.5, 0.6) is 0 Å². The van der Waals surface area contributed by atoms with Crippen LogP contribution < -0.4 is 10.9 Å². The Morgan fingerprint density at radius 2 is 2.00 bits per heavy atom. The molecule has 2 N–H and O–H groups in total. The van der Waals surface area contributed by atoms with Crippen molar-refractivity contribution in [2.75, 3.05) is 0 Å². The summed E-state index contributed by atoms with van der Waals surface area (Å²) in [5, 5.41) is 10.3. The van der Waals surface area contributed by atoms with Crippen molar-refractivity contribution in [1.29, 1.82) is 0 Å². The number of thiazole rings is 1. The second-order valence-electron chi connectivity index (χ2n) is 2.71. The maximum absolute atomic E-state index is 11.2. The average molecular weight is 228 g/mol. The molecule has 15 heavy (non-hydrogen) atoms. The summed E-state index contributed by atoms with van der Waals surface area (Å²) in [6.07, 6.45) is 1.03. The molecule has 2 rings (SSSR count). The number of nitrogens with one attached hydrogen (secondary N) is 2. The van der Waals surface area contributed by atoms with E-state index in [-0.39, 0.29) is 10.0 Å². The minimum absolute atomic E-state index is 0.120. The average Bonchev–Trinajstić information content (AvgIpc) is 2.73. The first kappa shape index (κ1) is 9.52. The summed E-state index contributed by atoms with van der Waals surface area (Å²) in [7, 11) is 0. The zero-order valence-electron chi connectivity index (χ0n) is 7.09. The third kappa shape index (κ3) is 1.52. The summed E-state index contributed by atoms with van der Waals surface area (Å²) in [5.74, 6) is -2.18. The monoisotopic (exact) mass is 228 g/mol. The first-order valence-corrected chi connectivity index (χ1v) is 4.61. The van der Waals surface area contributed by atoms with E-state index in [1.807, 2.05) is 0 Å². The van der Waals surface area contributed by atoms with Crippen molar-refractivity contribution >= 4 is 28.2 Å². The Bertz CT molecular complexity index is 440. The van der Waals surface area contributed by atoms with Gasteiger partial charge < -0.3 is 0 Å². The minimum Gasteiger partial charge on any atom is -0.272 e. The predicted octanol–water partition coefficient (Wildman–Crippen LogP) is -0.704. The van der Waals surface area contributed by atoms with Gasteiger partial charge in [0.15, 0.2) is 5.92 Å². The van der Waals surface area contributed by atoms with Gasteiger partial charge >= 0.3 is 5.00 Å². The highest BCUT2D eigenvalue weighted by Crippen LogP contribution is 2.28. The molecule has 1 aromatic rings. The van der Waals surface area contributed by atoms with Gasteiger partial charge in [-0.25, -0.2) is 4.98 Å². The first-order chi connectivity index (χ1) is 7.09. The van der Waals surface area contributed by atoms with E-state index < -0.39 is 22.7 Å². The Morgan fingerprint density at radius 3 is 2.47 bits per heavy atom. The number of rotatable bonds is 2. The highest BCUT2D eigenvalue weighted by Gasteiger charge is 2.37. The predicted molar refractivity (Wildman–Crippen MR) is 47.8 cm³/mol. The van der Waals surface area contributed by atoms with E-state index in [1.54, 1.807) is 0 Å². The standard InChI is InChI=1S/C6H4N4O4S/c11-4-3(5(12)9-8-4)6-7-1-2(15-6)10(13)14/h1,3H,(H,8,11)(H,9,12). The summed E-state index contributed by atoms with van der Waals surface area (Å²) in [5.41, 5.74) is 4.23. The summed E-state index contributed by atoms with van der Waals surface area (Å²) in [4.78, 5) is 35.8. The van der Waals surface area contributed by atoms with Crippen molar-refractivity contribution in [3.63, 3.8) is 0 Å². The van der Waals surface area contributed by atoms with Crippen LogP contribution in [-0.2, 0) is 9.59 Å². The maximum atomic E-state index is 11.2. The molecule has 78 valence electrons. The zero-order chi connectivity index (χ0) is 11.0. The summed E-state index contributed by atoms with van der Waals surface area (Å²) in [6.45, 7) is 0. The highest BCUT2D eigenvalue weighted by molar-refractivity contribution is 7.15. The number of nitro groups is 1. The molecule has 0 saturated carbocycles. The van der Waals surface area contributed by atoms with Crippen molar-refractivity contribution in [3.05, 3.63) is 21.3 Å². The number of nitrogens with zero attached hydrogens (tertiary/aromatic N) is 2. The molecule has 1 saturated heterocycles. The number of hydrazine groups is 1. The van der Waals surface area contributed by atoms with E-state index in [0.717, 1.165) is 6.20 Å². The fourth-order valence-electron chi connectivity index (χ4n) is 1.11. The van der Waals surface area contributed by atoms with Crippen molar-refractivity contribution in [1.82, 2.24) is 15.8 Å². The minimum atomic E-state index is -1.08. The Labute approximate surface area is 86.4 Å². The largest absolute Gasteiger partial charge is 0.343 e. The number of aromatic nitrogens is 1. The Balaban J connectivity index is 2.33. The quantitative estimate of drug-likeness (QED) is 0.394. The summed E-state index contributed by atoms with van der Waals surface area (Å²) in [6, 6.07) is 0. The van der Waals surface area contributed by atoms with Crippen LogP contribution in [-0.4, -0.2) is 21.7 Å². The molecule has 9 heteroatoms. The second-order valence-corrected chi connectivity index (χ2v) is 3.75. The molecule has 1 aliphatic heterocycles. The lowest BCUT2D eigenvalue weighted by atomic mass is 10.1. The van der Waals surface area contributed by atoms with E-state index in [2.05, 4.69) is 15.8 Å². The molecule has 0 unspecified atom stereocenters. The highest BCUT2D eigenvalue weighted by atomic mass is 32.1. The molecule has 0 radical (unpaired) electrons. The Hall–Kier alpha value is -2.03. The van der Waals surface area contributed by atoms with E-state index >= 15 is 0 Å². The molecule has 0 spiro atoms. The zero-order valence-corrected chi connectivity index (χ0v) is 7.91. The number of amides is 2. The van der Waals surface area contributed by atoms with Crippen LogP contribution in [0.25, 0.3) is 0 Å². The first-order valence-electron chi connectivity index (χ1n) is 3.79. The van der Waals surface area contributed by atoms with Crippen LogP contribution >= 0.6 is 11.3 Å². The van der Waals surface area contributed by atoms with Gasteiger partial charge in [0.1, 0.15) is 11.2 Å². The molecule has 0 atom stereocenters. The van der Waals surface area contributed by atoms with E-state index in [9.17, 15) is 19.7 Å². The number of carbonyl (C=O) groups excluding carboxylic acids is 2.